The first-order valence-corrected chi connectivity index (χ1v) is 7.01. The first-order chi connectivity index (χ1) is 11.0. The average Bonchev–Trinajstić information content (AvgIpc) is 2.66. The molecular weight excluding hydrogens is 301 g/mol. The van der Waals surface area contributed by atoms with Crippen LogP contribution >= 0.6 is 0 Å². The van der Waals surface area contributed by atoms with Gasteiger partial charge >= 0.3 is 0 Å². The van der Waals surface area contributed by atoms with Gasteiger partial charge in [-0.25, -0.2) is 4.39 Å². The summed E-state index contributed by atoms with van der Waals surface area (Å²) in [6.07, 6.45) is 0. The quantitative estimate of drug-likeness (QED) is 0.682. The summed E-state index contributed by atoms with van der Waals surface area (Å²) in [5, 5.41) is 14.0. The average molecular weight is 315 g/mol. The van der Waals surface area contributed by atoms with Gasteiger partial charge in [-0.15, -0.1) is 0 Å². The molecule has 0 saturated carbocycles. The monoisotopic (exact) mass is 315 g/mol. The first kappa shape index (κ1) is 15.1. The van der Waals surface area contributed by atoms with E-state index < -0.39 is 16.8 Å². The van der Waals surface area contributed by atoms with Gasteiger partial charge < -0.3 is 4.90 Å². The highest BCUT2D eigenvalue weighted by atomic mass is 19.1. The first-order valence-electron chi connectivity index (χ1n) is 7.01. The third kappa shape index (κ3) is 2.66. The Morgan fingerprint density at radius 2 is 2.00 bits per heavy atom. The van der Waals surface area contributed by atoms with Crippen LogP contribution in [0.5, 0.6) is 0 Å². The van der Waals surface area contributed by atoms with E-state index in [0.717, 1.165) is 0 Å². The Labute approximate surface area is 131 Å². The number of nitro groups is 1. The topological polar surface area (TPSA) is 75.5 Å². The second kappa shape index (κ2) is 5.77. The zero-order valence-corrected chi connectivity index (χ0v) is 12.3. The molecule has 0 fully saturated rings. The van der Waals surface area contributed by atoms with Crippen molar-refractivity contribution >= 4 is 17.3 Å². The van der Waals surface area contributed by atoms with Crippen molar-refractivity contribution in [1.29, 1.82) is 0 Å². The Balaban J connectivity index is 2.21. The number of carbonyl (C=O) groups excluding carboxylic acids is 1. The smallest absolute Gasteiger partial charge is 0.269 e. The SMILES string of the molecule is CN1C(=O)CNC(c2ccccc2F)c2cc([N+](=O)[O-])ccc21. The van der Waals surface area contributed by atoms with Crippen LogP contribution in [0.1, 0.15) is 17.2 Å². The van der Waals surface area contributed by atoms with Crippen molar-refractivity contribution in [3.05, 3.63) is 69.5 Å². The van der Waals surface area contributed by atoms with E-state index >= 15 is 0 Å². The highest BCUT2D eigenvalue weighted by Crippen LogP contribution is 2.35. The Morgan fingerprint density at radius 1 is 1.26 bits per heavy atom. The molecule has 2 aromatic carbocycles. The molecule has 1 aliphatic rings. The molecule has 3 rings (SSSR count). The summed E-state index contributed by atoms with van der Waals surface area (Å²) < 4.78 is 14.2. The molecule has 6 nitrogen and oxygen atoms in total. The fraction of sp³-hybridized carbons (Fsp3) is 0.188. The van der Waals surface area contributed by atoms with Crippen molar-refractivity contribution < 1.29 is 14.1 Å². The predicted octanol–water partition coefficient (Wildman–Crippen LogP) is 2.39. The van der Waals surface area contributed by atoms with Crippen molar-refractivity contribution in [3.63, 3.8) is 0 Å². The molecular formula is C16H14FN3O3. The van der Waals surface area contributed by atoms with Crippen LogP contribution in [0.2, 0.25) is 0 Å². The molecule has 1 aliphatic heterocycles. The molecule has 1 unspecified atom stereocenters. The Hall–Kier alpha value is -2.80. The number of halogens is 1. The maximum absolute atomic E-state index is 14.2. The van der Waals surface area contributed by atoms with Crippen LogP contribution in [0.15, 0.2) is 42.5 Å². The highest BCUT2D eigenvalue weighted by Gasteiger charge is 2.29. The molecule has 1 atom stereocenters. The molecule has 23 heavy (non-hydrogen) atoms. The van der Waals surface area contributed by atoms with Gasteiger partial charge in [0.05, 0.1) is 17.5 Å². The number of benzene rings is 2. The molecule has 2 aromatic rings. The van der Waals surface area contributed by atoms with Crippen molar-refractivity contribution in [2.75, 3.05) is 18.5 Å². The number of likely N-dealkylation sites (N-methyl/N-ethyl adjacent to an activating group) is 1. The van der Waals surface area contributed by atoms with Crippen molar-refractivity contribution in [2.45, 2.75) is 6.04 Å². The Kier molecular flexibility index (Phi) is 3.79. The molecule has 118 valence electrons. The molecule has 0 aromatic heterocycles. The lowest BCUT2D eigenvalue weighted by Crippen LogP contribution is -2.33. The third-order valence-corrected chi connectivity index (χ3v) is 3.94. The van der Waals surface area contributed by atoms with E-state index in [1.54, 1.807) is 25.2 Å². The number of hydrogen-bond donors (Lipinski definition) is 1. The van der Waals surface area contributed by atoms with Crippen LogP contribution in [0, 0.1) is 15.9 Å². The predicted molar refractivity (Wildman–Crippen MR) is 82.8 cm³/mol. The van der Waals surface area contributed by atoms with Gasteiger partial charge in [0.25, 0.3) is 5.69 Å². The largest absolute Gasteiger partial charge is 0.314 e. The summed E-state index contributed by atoms with van der Waals surface area (Å²) in [7, 11) is 1.60. The maximum atomic E-state index is 14.2. The second-order valence-corrected chi connectivity index (χ2v) is 5.29. The van der Waals surface area contributed by atoms with E-state index in [1.165, 1.54) is 29.2 Å². The molecule has 0 bridgehead atoms. The number of carbonyl (C=O) groups is 1. The van der Waals surface area contributed by atoms with Crippen molar-refractivity contribution in [2.24, 2.45) is 0 Å². The molecule has 1 heterocycles. The fourth-order valence-electron chi connectivity index (χ4n) is 2.73. The zero-order chi connectivity index (χ0) is 16.6. The second-order valence-electron chi connectivity index (χ2n) is 5.29. The summed E-state index contributed by atoms with van der Waals surface area (Å²) >= 11 is 0. The van der Waals surface area contributed by atoms with Gasteiger partial charge in [-0.05, 0) is 12.1 Å². The van der Waals surface area contributed by atoms with Gasteiger partial charge in [0.1, 0.15) is 5.82 Å². The highest BCUT2D eigenvalue weighted by molar-refractivity contribution is 5.96. The summed E-state index contributed by atoms with van der Waals surface area (Å²) in [5.41, 5.74) is 1.27. The lowest BCUT2D eigenvalue weighted by atomic mass is 9.96. The molecule has 0 radical (unpaired) electrons. The molecule has 1 amide bonds. The van der Waals surface area contributed by atoms with Crippen LogP contribution in [-0.2, 0) is 4.79 Å². The van der Waals surface area contributed by atoms with E-state index in [9.17, 15) is 19.3 Å². The number of nitro benzene ring substituents is 1. The lowest BCUT2D eigenvalue weighted by molar-refractivity contribution is -0.384. The van der Waals surface area contributed by atoms with E-state index in [2.05, 4.69) is 5.32 Å². The number of fused-ring (bicyclic) bond motifs is 1. The molecule has 0 spiro atoms. The summed E-state index contributed by atoms with van der Waals surface area (Å²) in [6, 6.07) is 9.79. The standard InChI is InChI=1S/C16H14FN3O3/c1-19-14-7-6-10(20(22)23)8-12(14)16(18-9-15(19)21)11-4-2-3-5-13(11)17/h2-8,16,18H,9H2,1H3. The van der Waals surface area contributed by atoms with E-state index in [-0.39, 0.29) is 18.1 Å². The fourth-order valence-corrected chi connectivity index (χ4v) is 2.73. The number of non-ortho nitro benzene ring substituents is 1. The Bertz CT molecular complexity index is 794. The van der Waals surface area contributed by atoms with E-state index in [4.69, 9.17) is 0 Å². The normalized spacial score (nSPS) is 17.6. The van der Waals surface area contributed by atoms with Crippen LogP contribution in [0.25, 0.3) is 0 Å². The zero-order valence-electron chi connectivity index (χ0n) is 12.3. The summed E-state index contributed by atoms with van der Waals surface area (Å²) in [4.78, 5) is 24.1. The van der Waals surface area contributed by atoms with Gasteiger partial charge in [0.15, 0.2) is 0 Å². The van der Waals surface area contributed by atoms with Crippen molar-refractivity contribution in [1.82, 2.24) is 5.32 Å². The van der Waals surface area contributed by atoms with E-state index in [0.29, 0.717) is 16.8 Å². The van der Waals surface area contributed by atoms with Gasteiger partial charge in [-0.3, -0.25) is 20.2 Å². The Morgan fingerprint density at radius 3 is 2.70 bits per heavy atom. The number of amides is 1. The molecule has 7 heteroatoms. The van der Waals surface area contributed by atoms with Crippen LogP contribution in [0.3, 0.4) is 0 Å². The molecule has 0 aliphatic carbocycles. The number of nitrogens with zero attached hydrogens (tertiary/aromatic N) is 2. The number of anilines is 1. The molecule has 1 N–H and O–H groups in total. The van der Waals surface area contributed by atoms with Crippen molar-refractivity contribution in [3.8, 4) is 0 Å². The minimum absolute atomic E-state index is 0.0119. The third-order valence-electron chi connectivity index (χ3n) is 3.94. The van der Waals surface area contributed by atoms with Crippen LogP contribution in [0.4, 0.5) is 15.8 Å². The van der Waals surface area contributed by atoms with Crippen LogP contribution < -0.4 is 10.2 Å². The van der Waals surface area contributed by atoms with Crippen LogP contribution in [-0.4, -0.2) is 24.4 Å². The summed E-state index contributed by atoms with van der Waals surface area (Å²) in [5.74, 6) is -0.626. The molecule has 0 saturated heterocycles. The van der Waals surface area contributed by atoms with Gasteiger partial charge in [-0.2, -0.15) is 0 Å². The number of rotatable bonds is 2. The van der Waals surface area contributed by atoms with Gasteiger partial charge in [-0.1, -0.05) is 18.2 Å². The number of nitrogens with one attached hydrogen (secondary N) is 1. The van der Waals surface area contributed by atoms with E-state index in [1.807, 2.05) is 0 Å². The lowest BCUT2D eigenvalue weighted by Gasteiger charge is -2.20. The number of hydrogen-bond acceptors (Lipinski definition) is 4. The van der Waals surface area contributed by atoms with Gasteiger partial charge in [0, 0.05) is 36.0 Å². The minimum Gasteiger partial charge on any atom is -0.314 e. The summed E-state index contributed by atoms with van der Waals surface area (Å²) in [6.45, 7) is 0.0119. The van der Waals surface area contributed by atoms with Gasteiger partial charge in [0.2, 0.25) is 5.91 Å². The maximum Gasteiger partial charge on any atom is 0.269 e. The minimum atomic E-state index is -0.639.